The number of nitrogen functional groups attached to an aromatic ring is 1. The molecule has 0 atom stereocenters. The Morgan fingerprint density at radius 3 is 2.95 bits per heavy atom. The molecule has 0 bridgehead atoms. The van der Waals surface area contributed by atoms with Crippen LogP contribution >= 0.6 is 15.9 Å². The minimum absolute atomic E-state index is 0.343. The van der Waals surface area contributed by atoms with Gasteiger partial charge in [-0.1, -0.05) is 6.07 Å². The van der Waals surface area contributed by atoms with Crippen molar-refractivity contribution in [2.24, 2.45) is 0 Å². The molecule has 6 heteroatoms. The van der Waals surface area contributed by atoms with Crippen LogP contribution in [0.15, 0.2) is 41.0 Å². The molecular weight excluding hydrogens is 306 g/mol. The lowest BCUT2D eigenvalue weighted by Gasteiger charge is -2.05. The maximum absolute atomic E-state index is 8.95. The van der Waals surface area contributed by atoms with E-state index in [1.54, 1.807) is 29.0 Å². The van der Waals surface area contributed by atoms with Gasteiger partial charge in [0.1, 0.15) is 5.52 Å². The number of hydrogen-bond acceptors (Lipinski definition) is 4. The quantitative estimate of drug-likeness (QED) is 0.749. The van der Waals surface area contributed by atoms with Gasteiger partial charge in [-0.25, -0.2) is 9.97 Å². The van der Waals surface area contributed by atoms with Gasteiger partial charge < -0.3 is 5.73 Å². The van der Waals surface area contributed by atoms with Crippen LogP contribution in [-0.2, 0) is 0 Å². The summed E-state index contributed by atoms with van der Waals surface area (Å²) in [6, 6.07) is 11.1. The lowest BCUT2D eigenvalue weighted by atomic mass is 10.2. The standard InChI is InChI=1S/C13H8BrN5/c14-9-5-11-12(17-7-9)19(13(16)18-11)10-3-1-2-8(4-10)6-15/h1-5,7H,(H2,16,18). The molecule has 0 saturated carbocycles. The van der Waals surface area contributed by atoms with Crippen molar-refractivity contribution in [2.75, 3.05) is 5.73 Å². The summed E-state index contributed by atoms with van der Waals surface area (Å²) in [5.74, 6) is 0.343. The van der Waals surface area contributed by atoms with E-state index in [-0.39, 0.29) is 0 Å². The van der Waals surface area contributed by atoms with Crippen molar-refractivity contribution in [3.8, 4) is 11.8 Å². The van der Waals surface area contributed by atoms with E-state index in [1.807, 2.05) is 12.1 Å². The van der Waals surface area contributed by atoms with Crippen molar-refractivity contribution >= 4 is 33.0 Å². The highest BCUT2D eigenvalue weighted by atomic mass is 79.9. The van der Waals surface area contributed by atoms with E-state index in [4.69, 9.17) is 11.0 Å². The summed E-state index contributed by atoms with van der Waals surface area (Å²) >= 11 is 3.35. The first-order valence-corrected chi connectivity index (χ1v) is 6.28. The van der Waals surface area contributed by atoms with Crippen LogP contribution in [0.4, 0.5) is 5.95 Å². The van der Waals surface area contributed by atoms with Gasteiger partial charge in [-0.3, -0.25) is 4.57 Å². The molecular formula is C13H8BrN5. The number of imidazole rings is 1. The third-order valence-electron chi connectivity index (χ3n) is 2.72. The highest BCUT2D eigenvalue weighted by molar-refractivity contribution is 9.10. The zero-order valence-electron chi connectivity index (χ0n) is 9.71. The number of aromatic nitrogens is 3. The van der Waals surface area contributed by atoms with Gasteiger partial charge in [0.25, 0.3) is 0 Å². The Labute approximate surface area is 117 Å². The Morgan fingerprint density at radius 2 is 2.16 bits per heavy atom. The largest absolute Gasteiger partial charge is 0.369 e. The molecule has 0 unspecified atom stereocenters. The van der Waals surface area contributed by atoms with Crippen LogP contribution in [0.25, 0.3) is 16.9 Å². The molecule has 0 spiro atoms. The van der Waals surface area contributed by atoms with E-state index >= 15 is 0 Å². The molecule has 1 aromatic carbocycles. The van der Waals surface area contributed by atoms with E-state index in [2.05, 4.69) is 32.0 Å². The summed E-state index contributed by atoms with van der Waals surface area (Å²) in [4.78, 5) is 8.60. The molecule has 3 aromatic rings. The second-order valence-electron chi connectivity index (χ2n) is 3.96. The molecule has 0 fully saturated rings. The number of halogens is 1. The molecule has 0 aliphatic carbocycles. The fourth-order valence-electron chi connectivity index (χ4n) is 1.93. The van der Waals surface area contributed by atoms with Crippen LogP contribution in [0.3, 0.4) is 0 Å². The van der Waals surface area contributed by atoms with Gasteiger partial charge in [0.05, 0.1) is 17.3 Å². The number of fused-ring (bicyclic) bond motifs is 1. The molecule has 2 heterocycles. The predicted molar refractivity (Wildman–Crippen MR) is 75.7 cm³/mol. The zero-order valence-corrected chi connectivity index (χ0v) is 11.3. The summed E-state index contributed by atoms with van der Waals surface area (Å²) in [6.07, 6.45) is 1.69. The maximum atomic E-state index is 8.95. The Morgan fingerprint density at radius 1 is 1.32 bits per heavy atom. The Bertz CT molecular complexity index is 816. The number of nitrogens with zero attached hydrogens (tertiary/aromatic N) is 4. The lowest BCUT2D eigenvalue weighted by molar-refractivity contribution is 1.08. The topological polar surface area (TPSA) is 80.5 Å². The average molecular weight is 314 g/mol. The number of anilines is 1. The summed E-state index contributed by atoms with van der Waals surface area (Å²) in [5.41, 5.74) is 8.64. The van der Waals surface area contributed by atoms with Gasteiger partial charge in [-0.05, 0) is 40.2 Å². The van der Waals surface area contributed by atoms with E-state index in [0.717, 1.165) is 10.2 Å². The van der Waals surface area contributed by atoms with Crippen molar-refractivity contribution < 1.29 is 0 Å². The van der Waals surface area contributed by atoms with Crippen LogP contribution in [0.1, 0.15) is 5.56 Å². The van der Waals surface area contributed by atoms with Crippen LogP contribution in [-0.4, -0.2) is 14.5 Å². The first-order chi connectivity index (χ1) is 9.19. The van der Waals surface area contributed by atoms with E-state index < -0.39 is 0 Å². The Balaban J connectivity index is 2.30. The minimum atomic E-state index is 0.343. The fraction of sp³-hybridized carbons (Fsp3) is 0. The lowest BCUT2D eigenvalue weighted by Crippen LogP contribution is -2.01. The number of pyridine rings is 1. The van der Waals surface area contributed by atoms with Crippen LogP contribution in [0.5, 0.6) is 0 Å². The molecule has 19 heavy (non-hydrogen) atoms. The SMILES string of the molecule is N#Cc1cccc(-n2c(N)nc3cc(Br)cnc32)c1. The van der Waals surface area contributed by atoms with E-state index in [9.17, 15) is 0 Å². The average Bonchev–Trinajstić information content (AvgIpc) is 2.73. The highest BCUT2D eigenvalue weighted by Gasteiger charge is 2.11. The monoisotopic (exact) mass is 313 g/mol. The summed E-state index contributed by atoms with van der Waals surface area (Å²) in [6.45, 7) is 0. The van der Waals surface area contributed by atoms with E-state index in [0.29, 0.717) is 22.7 Å². The van der Waals surface area contributed by atoms with Crippen LogP contribution in [0.2, 0.25) is 0 Å². The molecule has 0 saturated heterocycles. The fourth-order valence-corrected chi connectivity index (χ4v) is 2.25. The number of rotatable bonds is 1. The predicted octanol–water partition coefficient (Wildman–Crippen LogP) is 2.64. The second-order valence-corrected chi connectivity index (χ2v) is 4.88. The van der Waals surface area contributed by atoms with Crippen molar-refractivity contribution in [3.05, 3.63) is 46.6 Å². The van der Waals surface area contributed by atoms with Crippen molar-refractivity contribution in [2.45, 2.75) is 0 Å². The summed E-state index contributed by atoms with van der Waals surface area (Å²) < 4.78 is 2.57. The molecule has 2 aromatic heterocycles. The molecule has 0 aliphatic heterocycles. The third-order valence-corrected chi connectivity index (χ3v) is 3.16. The van der Waals surface area contributed by atoms with Gasteiger partial charge in [-0.15, -0.1) is 0 Å². The van der Waals surface area contributed by atoms with Gasteiger partial charge in [-0.2, -0.15) is 5.26 Å². The molecule has 5 nitrogen and oxygen atoms in total. The minimum Gasteiger partial charge on any atom is -0.369 e. The second kappa shape index (κ2) is 4.37. The normalized spacial score (nSPS) is 10.5. The van der Waals surface area contributed by atoms with Crippen LogP contribution in [0, 0.1) is 11.3 Å². The van der Waals surface area contributed by atoms with Gasteiger partial charge >= 0.3 is 0 Å². The van der Waals surface area contributed by atoms with Gasteiger partial charge in [0.2, 0.25) is 5.95 Å². The third kappa shape index (κ3) is 1.94. The smallest absolute Gasteiger partial charge is 0.207 e. The Hall–Kier alpha value is -2.39. The molecule has 0 radical (unpaired) electrons. The van der Waals surface area contributed by atoms with Crippen molar-refractivity contribution in [3.63, 3.8) is 0 Å². The molecule has 92 valence electrons. The van der Waals surface area contributed by atoms with Gasteiger partial charge in [0, 0.05) is 10.7 Å². The maximum Gasteiger partial charge on any atom is 0.207 e. The number of benzene rings is 1. The van der Waals surface area contributed by atoms with E-state index in [1.165, 1.54) is 0 Å². The number of nitriles is 1. The number of hydrogen-bond donors (Lipinski definition) is 1. The molecule has 0 amide bonds. The molecule has 3 rings (SSSR count). The zero-order chi connectivity index (χ0) is 13.4. The first-order valence-electron chi connectivity index (χ1n) is 5.49. The summed E-state index contributed by atoms with van der Waals surface area (Å²) in [5, 5.41) is 8.95. The van der Waals surface area contributed by atoms with Gasteiger partial charge in [0.15, 0.2) is 5.65 Å². The molecule has 2 N–H and O–H groups in total. The number of nitrogens with two attached hydrogens (primary N) is 1. The molecule has 0 aliphatic rings. The Kier molecular flexibility index (Phi) is 2.69. The summed E-state index contributed by atoms with van der Waals surface area (Å²) in [7, 11) is 0. The first kappa shape index (κ1) is 11.7. The highest BCUT2D eigenvalue weighted by Crippen LogP contribution is 2.23. The van der Waals surface area contributed by atoms with Crippen LogP contribution < -0.4 is 5.73 Å². The van der Waals surface area contributed by atoms with Crippen molar-refractivity contribution in [1.82, 2.24) is 14.5 Å². The van der Waals surface area contributed by atoms with Crippen molar-refractivity contribution in [1.29, 1.82) is 5.26 Å².